The Morgan fingerprint density at radius 3 is 3.07 bits per heavy atom. The molecule has 1 aliphatic rings. The zero-order chi connectivity index (χ0) is 10.1. The Hall–Kier alpha value is -1.71. The van der Waals surface area contributed by atoms with E-state index in [0.29, 0.717) is 5.75 Å². The van der Waals surface area contributed by atoms with E-state index in [0.717, 1.165) is 12.1 Å². The molecular formula is C10H11NO3. The van der Waals surface area contributed by atoms with E-state index in [-0.39, 0.29) is 11.8 Å². The number of carbonyl (C=O) groups is 1. The van der Waals surface area contributed by atoms with Crippen LogP contribution in [0.5, 0.6) is 5.75 Å². The fourth-order valence-corrected chi connectivity index (χ4v) is 1.41. The number of anilines is 1. The summed E-state index contributed by atoms with van der Waals surface area (Å²) in [7, 11) is 0. The summed E-state index contributed by atoms with van der Waals surface area (Å²) in [6.07, 6.45) is 0.811. The van der Waals surface area contributed by atoms with Crippen LogP contribution in [0.4, 0.5) is 5.69 Å². The van der Waals surface area contributed by atoms with E-state index in [1.54, 1.807) is 18.2 Å². The van der Waals surface area contributed by atoms with Crippen molar-refractivity contribution in [3.63, 3.8) is 0 Å². The quantitative estimate of drug-likeness (QED) is 0.753. The third kappa shape index (κ3) is 1.39. The van der Waals surface area contributed by atoms with Crippen molar-refractivity contribution >= 4 is 11.7 Å². The molecule has 1 aromatic carbocycles. The molecule has 0 spiro atoms. The predicted octanol–water partition coefficient (Wildman–Crippen LogP) is 1.93. The first-order valence-electron chi connectivity index (χ1n) is 4.51. The molecule has 0 saturated carbocycles. The average Bonchev–Trinajstić information content (AvgIpc) is 2.58. The number of benzene rings is 1. The molecule has 1 aromatic rings. The minimum absolute atomic E-state index is 0.0333. The van der Waals surface area contributed by atoms with E-state index in [1.165, 1.54) is 0 Å². The van der Waals surface area contributed by atoms with Crippen LogP contribution in [0.1, 0.15) is 23.7 Å². The fraction of sp³-hybridized carbons (Fsp3) is 0.300. The van der Waals surface area contributed by atoms with Gasteiger partial charge in [-0.1, -0.05) is 6.92 Å². The predicted molar refractivity (Wildman–Crippen MR) is 51.7 cm³/mol. The van der Waals surface area contributed by atoms with E-state index >= 15 is 0 Å². The first-order valence-corrected chi connectivity index (χ1v) is 4.51. The highest BCUT2D eigenvalue weighted by molar-refractivity contribution is 5.89. The molecule has 0 aliphatic carbocycles. The van der Waals surface area contributed by atoms with Crippen LogP contribution in [-0.2, 0) is 0 Å². The molecule has 0 aromatic heterocycles. The van der Waals surface area contributed by atoms with E-state index < -0.39 is 5.97 Å². The van der Waals surface area contributed by atoms with Crippen LogP contribution in [0.2, 0.25) is 0 Å². The van der Waals surface area contributed by atoms with Gasteiger partial charge in [0.05, 0.1) is 11.3 Å². The lowest BCUT2D eigenvalue weighted by Crippen LogP contribution is -2.17. The van der Waals surface area contributed by atoms with Gasteiger partial charge in [0.25, 0.3) is 0 Å². The van der Waals surface area contributed by atoms with Crippen molar-refractivity contribution in [3.8, 4) is 5.75 Å². The van der Waals surface area contributed by atoms with Gasteiger partial charge in [0.15, 0.2) is 6.23 Å². The Morgan fingerprint density at radius 2 is 2.43 bits per heavy atom. The van der Waals surface area contributed by atoms with E-state index in [9.17, 15) is 4.79 Å². The Kier molecular flexibility index (Phi) is 2.04. The molecule has 1 aliphatic heterocycles. The number of carboxylic acid groups (broad SMARTS) is 1. The van der Waals surface area contributed by atoms with E-state index in [1.807, 2.05) is 6.92 Å². The van der Waals surface area contributed by atoms with Crippen LogP contribution >= 0.6 is 0 Å². The highest BCUT2D eigenvalue weighted by atomic mass is 16.5. The maximum Gasteiger partial charge on any atom is 0.335 e. The Morgan fingerprint density at radius 1 is 1.64 bits per heavy atom. The maximum atomic E-state index is 10.7. The molecule has 14 heavy (non-hydrogen) atoms. The minimum atomic E-state index is -0.934. The topological polar surface area (TPSA) is 58.6 Å². The van der Waals surface area contributed by atoms with Crippen molar-refractivity contribution in [2.75, 3.05) is 5.32 Å². The molecule has 2 rings (SSSR count). The van der Waals surface area contributed by atoms with Crippen LogP contribution < -0.4 is 10.1 Å². The third-order valence-electron chi connectivity index (χ3n) is 2.19. The monoisotopic (exact) mass is 193 g/mol. The van der Waals surface area contributed by atoms with Crippen molar-refractivity contribution < 1.29 is 14.6 Å². The number of hydrogen-bond acceptors (Lipinski definition) is 3. The first-order chi connectivity index (χ1) is 6.70. The second-order valence-electron chi connectivity index (χ2n) is 3.18. The van der Waals surface area contributed by atoms with Gasteiger partial charge in [0.2, 0.25) is 0 Å². The average molecular weight is 193 g/mol. The van der Waals surface area contributed by atoms with Gasteiger partial charge in [-0.15, -0.1) is 0 Å². The van der Waals surface area contributed by atoms with Gasteiger partial charge in [0, 0.05) is 6.42 Å². The number of carboxylic acids is 1. The molecule has 0 fully saturated rings. The molecule has 74 valence electrons. The number of nitrogens with one attached hydrogen (secondary N) is 1. The number of aromatic carboxylic acids is 1. The highest BCUT2D eigenvalue weighted by Crippen LogP contribution is 2.33. The molecule has 0 amide bonds. The molecule has 4 heteroatoms. The largest absolute Gasteiger partial charge is 0.478 e. The lowest BCUT2D eigenvalue weighted by Gasteiger charge is -2.06. The molecule has 2 N–H and O–H groups in total. The molecule has 0 radical (unpaired) electrons. The maximum absolute atomic E-state index is 10.7. The summed E-state index contributed by atoms with van der Waals surface area (Å²) in [5.41, 5.74) is 1.11. The Balaban J connectivity index is 2.31. The number of fused-ring (bicyclic) bond motifs is 1. The van der Waals surface area contributed by atoms with Crippen molar-refractivity contribution in [1.29, 1.82) is 0 Å². The van der Waals surface area contributed by atoms with Gasteiger partial charge in [-0.2, -0.15) is 0 Å². The third-order valence-corrected chi connectivity index (χ3v) is 2.19. The Labute approximate surface area is 81.5 Å². The van der Waals surface area contributed by atoms with Gasteiger partial charge in [-0.3, -0.25) is 0 Å². The van der Waals surface area contributed by atoms with E-state index in [2.05, 4.69) is 5.32 Å². The molecule has 0 bridgehead atoms. The minimum Gasteiger partial charge on any atom is -0.478 e. The number of ether oxygens (including phenoxy) is 1. The van der Waals surface area contributed by atoms with Crippen LogP contribution in [-0.4, -0.2) is 17.3 Å². The molecule has 1 heterocycles. The van der Waals surface area contributed by atoms with Gasteiger partial charge in [-0.25, -0.2) is 4.79 Å². The van der Waals surface area contributed by atoms with Crippen molar-refractivity contribution in [3.05, 3.63) is 23.8 Å². The van der Waals surface area contributed by atoms with Gasteiger partial charge < -0.3 is 15.2 Å². The molecule has 1 atom stereocenters. The van der Waals surface area contributed by atoms with Crippen molar-refractivity contribution in [1.82, 2.24) is 0 Å². The molecular weight excluding hydrogens is 182 g/mol. The van der Waals surface area contributed by atoms with Crippen LogP contribution in [0.3, 0.4) is 0 Å². The zero-order valence-electron chi connectivity index (χ0n) is 7.78. The van der Waals surface area contributed by atoms with Crippen molar-refractivity contribution in [2.45, 2.75) is 19.6 Å². The van der Waals surface area contributed by atoms with Crippen molar-refractivity contribution in [2.24, 2.45) is 0 Å². The van der Waals surface area contributed by atoms with Gasteiger partial charge in [0.1, 0.15) is 5.75 Å². The summed E-state index contributed by atoms with van der Waals surface area (Å²) < 4.78 is 5.47. The summed E-state index contributed by atoms with van der Waals surface area (Å²) >= 11 is 0. The summed E-state index contributed by atoms with van der Waals surface area (Å²) in [6, 6.07) is 4.84. The molecule has 0 saturated heterocycles. The lowest BCUT2D eigenvalue weighted by atomic mass is 10.2. The second kappa shape index (κ2) is 3.21. The molecule has 4 nitrogen and oxygen atoms in total. The Bertz CT molecular complexity index is 376. The fourth-order valence-electron chi connectivity index (χ4n) is 1.41. The zero-order valence-corrected chi connectivity index (χ0v) is 7.78. The normalized spacial score (nSPS) is 18.2. The van der Waals surface area contributed by atoms with Gasteiger partial charge in [-0.05, 0) is 18.2 Å². The summed E-state index contributed by atoms with van der Waals surface area (Å²) in [5, 5.41) is 11.9. The standard InChI is InChI=1S/C10H11NO3/c1-2-9-11-7-4-3-6(10(12)13)5-8(7)14-9/h3-5,9,11H,2H2,1H3,(H,12,13). The van der Waals surface area contributed by atoms with Crippen LogP contribution in [0, 0.1) is 0 Å². The first kappa shape index (κ1) is 8.87. The van der Waals surface area contributed by atoms with Crippen LogP contribution in [0.25, 0.3) is 0 Å². The van der Waals surface area contributed by atoms with E-state index in [4.69, 9.17) is 9.84 Å². The summed E-state index contributed by atoms with van der Waals surface area (Å²) in [6.45, 7) is 2.00. The second-order valence-corrected chi connectivity index (χ2v) is 3.18. The van der Waals surface area contributed by atoms with Crippen LogP contribution in [0.15, 0.2) is 18.2 Å². The molecule has 1 unspecified atom stereocenters. The van der Waals surface area contributed by atoms with Gasteiger partial charge >= 0.3 is 5.97 Å². The number of hydrogen-bond donors (Lipinski definition) is 2. The lowest BCUT2D eigenvalue weighted by molar-refractivity contribution is 0.0696. The number of rotatable bonds is 2. The SMILES string of the molecule is CCC1Nc2ccc(C(=O)O)cc2O1. The summed E-state index contributed by atoms with van der Waals surface area (Å²) in [4.78, 5) is 10.7. The smallest absolute Gasteiger partial charge is 0.335 e. The highest BCUT2D eigenvalue weighted by Gasteiger charge is 2.20. The summed E-state index contributed by atoms with van der Waals surface area (Å²) in [5.74, 6) is -0.312.